The average Bonchev–Trinajstić information content (AvgIpc) is 2.52. The Bertz CT molecular complexity index is 308. The Labute approximate surface area is 162 Å². The molecule has 0 bridgehead atoms. The summed E-state index contributed by atoms with van der Waals surface area (Å²) in [7, 11) is 0. The Morgan fingerprint density at radius 2 is 0.769 bits per heavy atom. The third kappa shape index (κ3) is 34.2. The zero-order valence-corrected chi connectivity index (χ0v) is 18.2. The summed E-state index contributed by atoms with van der Waals surface area (Å²) in [6.07, 6.45) is 15.9. The standard InChI is InChI=1S/C20H42.2CHNO/c1-17(2)11-9-15-19(5)13-7-8-14-20(6)16-10-12-18(3)4;2*2-1-3/h17-20H,7-16H2,1-6H3;2*2H. The van der Waals surface area contributed by atoms with E-state index in [4.69, 9.17) is 20.4 Å². The van der Waals surface area contributed by atoms with Gasteiger partial charge >= 0.3 is 0 Å². The third-order valence-corrected chi connectivity index (χ3v) is 4.60. The Hall–Kier alpha value is -1.24. The lowest BCUT2D eigenvalue weighted by Crippen LogP contribution is -1.99. The van der Waals surface area contributed by atoms with Crippen molar-refractivity contribution in [3.05, 3.63) is 0 Å². The van der Waals surface area contributed by atoms with Gasteiger partial charge in [0.25, 0.3) is 0 Å². The minimum atomic E-state index is 0.750. The van der Waals surface area contributed by atoms with Crippen molar-refractivity contribution in [1.82, 2.24) is 0 Å². The van der Waals surface area contributed by atoms with Crippen LogP contribution in [0.1, 0.15) is 106 Å². The molecule has 0 aliphatic rings. The van der Waals surface area contributed by atoms with Gasteiger partial charge < -0.3 is 0 Å². The molecular weight excluding hydrogens is 324 g/mol. The smallest absolute Gasteiger partial charge is 0.222 e. The van der Waals surface area contributed by atoms with Crippen molar-refractivity contribution in [3.8, 4) is 0 Å². The quantitative estimate of drug-likeness (QED) is 0.203. The van der Waals surface area contributed by atoms with Gasteiger partial charge in [-0.05, 0) is 23.7 Å². The normalized spacial score (nSPS) is 12.2. The third-order valence-electron chi connectivity index (χ3n) is 4.60. The van der Waals surface area contributed by atoms with Crippen molar-refractivity contribution in [2.75, 3.05) is 0 Å². The van der Waals surface area contributed by atoms with Crippen LogP contribution in [0.25, 0.3) is 0 Å². The largest absolute Gasteiger partial charge is 0.231 e. The molecule has 4 heteroatoms. The van der Waals surface area contributed by atoms with Crippen molar-refractivity contribution >= 4 is 12.2 Å². The fourth-order valence-corrected chi connectivity index (χ4v) is 3.02. The van der Waals surface area contributed by atoms with E-state index in [1.165, 1.54) is 64.2 Å². The van der Waals surface area contributed by atoms with Crippen molar-refractivity contribution in [3.63, 3.8) is 0 Å². The van der Waals surface area contributed by atoms with Crippen LogP contribution in [0.5, 0.6) is 0 Å². The fraction of sp³-hybridized carbons (Fsp3) is 0.909. The number of carbonyl (C=O) groups excluding carboxylic acids is 2. The van der Waals surface area contributed by atoms with E-state index in [1.807, 2.05) is 0 Å². The maximum absolute atomic E-state index is 8.35. The van der Waals surface area contributed by atoms with Gasteiger partial charge in [-0.1, -0.05) is 106 Å². The van der Waals surface area contributed by atoms with Crippen LogP contribution in [0.4, 0.5) is 0 Å². The molecule has 0 aromatic heterocycles. The van der Waals surface area contributed by atoms with Crippen LogP contribution >= 0.6 is 0 Å². The van der Waals surface area contributed by atoms with Crippen molar-refractivity contribution in [2.45, 2.75) is 106 Å². The summed E-state index contributed by atoms with van der Waals surface area (Å²) >= 11 is 0. The molecule has 2 unspecified atom stereocenters. The van der Waals surface area contributed by atoms with Crippen LogP contribution in [0.3, 0.4) is 0 Å². The monoisotopic (exact) mass is 368 g/mol. The summed E-state index contributed by atoms with van der Waals surface area (Å²) in [6.45, 7) is 14.3. The molecule has 0 aliphatic heterocycles. The SMILES string of the molecule is CC(C)CCCC(C)CCCCC(C)CCCC(C)C.N=C=O.N=C=O. The molecule has 0 radical (unpaired) electrons. The molecule has 0 saturated carbocycles. The predicted octanol–water partition coefficient (Wildman–Crippen LogP) is 7.27. The van der Waals surface area contributed by atoms with Crippen LogP contribution in [0.2, 0.25) is 0 Å². The summed E-state index contributed by atoms with van der Waals surface area (Å²) < 4.78 is 0. The second-order valence-electron chi connectivity index (χ2n) is 8.35. The molecule has 0 saturated heterocycles. The topological polar surface area (TPSA) is 81.8 Å². The van der Waals surface area contributed by atoms with Crippen molar-refractivity contribution < 1.29 is 9.59 Å². The lowest BCUT2D eigenvalue weighted by atomic mass is 9.92. The number of unbranched alkanes of at least 4 members (excludes halogenated alkanes) is 1. The van der Waals surface area contributed by atoms with E-state index in [1.54, 1.807) is 0 Å². The van der Waals surface area contributed by atoms with Gasteiger partial charge in [-0.15, -0.1) is 0 Å². The second kappa shape index (κ2) is 23.8. The van der Waals surface area contributed by atoms with Crippen LogP contribution in [0, 0.1) is 34.5 Å². The van der Waals surface area contributed by atoms with Gasteiger partial charge in [-0.2, -0.15) is 0 Å². The molecular formula is C22H44N2O2. The summed E-state index contributed by atoms with van der Waals surface area (Å²) in [5, 5.41) is 10.8. The molecule has 2 atom stereocenters. The van der Waals surface area contributed by atoms with Crippen LogP contribution in [-0.4, -0.2) is 12.2 Å². The second-order valence-corrected chi connectivity index (χ2v) is 8.35. The first-order valence-electron chi connectivity index (χ1n) is 10.3. The molecule has 154 valence electrons. The van der Waals surface area contributed by atoms with Crippen LogP contribution < -0.4 is 0 Å². The molecule has 0 spiro atoms. The molecule has 0 aromatic carbocycles. The highest BCUT2D eigenvalue weighted by atomic mass is 16.1. The summed E-state index contributed by atoms with van der Waals surface area (Å²) in [5.74, 6) is 3.66. The molecule has 0 rings (SSSR count). The number of rotatable bonds is 13. The van der Waals surface area contributed by atoms with Crippen LogP contribution in [-0.2, 0) is 9.59 Å². The molecule has 2 N–H and O–H groups in total. The lowest BCUT2D eigenvalue weighted by molar-refractivity contribution is 0.390. The Balaban J connectivity index is -0.000000768. The molecule has 0 amide bonds. The Morgan fingerprint density at radius 1 is 0.538 bits per heavy atom. The van der Waals surface area contributed by atoms with Crippen LogP contribution in [0.15, 0.2) is 0 Å². The molecule has 0 fully saturated rings. The maximum atomic E-state index is 8.35. The van der Waals surface area contributed by atoms with E-state index in [2.05, 4.69) is 41.5 Å². The minimum Gasteiger partial charge on any atom is -0.222 e. The molecule has 0 aromatic rings. The van der Waals surface area contributed by atoms with Crippen molar-refractivity contribution in [2.24, 2.45) is 23.7 Å². The van der Waals surface area contributed by atoms with E-state index in [-0.39, 0.29) is 0 Å². The average molecular weight is 369 g/mol. The molecule has 4 nitrogen and oxygen atoms in total. The highest BCUT2D eigenvalue weighted by Gasteiger charge is 2.06. The van der Waals surface area contributed by atoms with E-state index >= 15 is 0 Å². The van der Waals surface area contributed by atoms with E-state index in [9.17, 15) is 0 Å². The first-order chi connectivity index (χ1) is 12.2. The maximum Gasteiger partial charge on any atom is 0.231 e. The first-order valence-corrected chi connectivity index (χ1v) is 10.3. The number of nitrogens with one attached hydrogen (secondary N) is 2. The Kier molecular flexibility index (Phi) is 27.0. The molecule has 0 aliphatic carbocycles. The van der Waals surface area contributed by atoms with Gasteiger partial charge in [0.15, 0.2) is 0 Å². The number of hydrogen-bond acceptors (Lipinski definition) is 4. The summed E-state index contributed by atoms with van der Waals surface area (Å²) in [4.78, 5) is 16.7. The van der Waals surface area contributed by atoms with E-state index in [0.717, 1.165) is 35.8 Å². The minimum absolute atomic E-state index is 0.750. The predicted molar refractivity (Wildman–Crippen MR) is 111 cm³/mol. The highest BCUT2D eigenvalue weighted by molar-refractivity contribution is 5.26. The number of isocyanates is 2. The zero-order chi connectivity index (χ0) is 20.8. The van der Waals surface area contributed by atoms with Gasteiger partial charge in [0, 0.05) is 0 Å². The van der Waals surface area contributed by atoms with E-state index in [0.29, 0.717) is 0 Å². The van der Waals surface area contributed by atoms with Gasteiger partial charge in [-0.25, -0.2) is 20.4 Å². The zero-order valence-electron chi connectivity index (χ0n) is 18.2. The van der Waals surface area contributed by atoms with Gasteiger partial charge in [-0.3, -0.25) is 0 Å². The van der Waals surface area contributed by atoms with Gasteiger partial charge in [0.1, 0.15) is 0 Å². The Morgan fingerprint density at radius 3 is 1.00 bits per heavy atom. The lowest BCUT2D eigenvalue weighted by Gasteiger charge is -2.14. The highest BCUT2D eigenvalue weighted by Crippen LogP contribution is 2.21. The van der Waals surface area contributed by atoms with Gasteiger partial charge in [0.05, 0.1) is 0 Å². The van der Waals surface area contributed by atoms with Gasteiger partial charge in [0.2, 0.25) is 12.2 Å². The van der Waals surface area contributed by atoms with E-state index < -0.39 is 0 Å². The molecule has 0 heterocycles. The first kappa shape index (κ1) is 29.5. The summed E-state index contributed by atoms with van der Waals surface area (Å²) in [6, 6.07) is 0. The summed E-state index contributed by atoms with van der Waals surface area (Å²) in [5.41, 5.74) is 0. The number of hydrogen-bond donors (Lipinski definition) is 2. The molecule has 26 heavy (non-hydrogen) atoms. The van der Waals surface area contributed by atoms with Crippen molar-refractivity contribution in [1.29, 1.82) is 10.8 Å². The fourth-order valence-electron chi connectivity index (χ4n) is 3.02.